The van der Waals surface area contributed by atoms with Crippen LogP contribution in [0.15, 0.2) is 0 Å². The van der Waals surface area contributed by atoms with Crippen molar-refractivity contribution in [3.8, 4) is 0 Å². The van der Waals surface area contributed by atoms with E-state index < -0.39 is 5.60 Å². The molecule has 3 N–H and O–H groups in total. The van der Waals surface area contributed by atoms with Crippen LogP contribution in [0.2, 0.25) is 0 Å². The van der Waals surface area contributed by atoms with Crippen LogP contribution in [0.4, 0.5) is 0 Å². The number of aliphatic hydroxyl groups is 1. The molecule has 68 valence electrons. The fourth-order valence-corrected chi connectivity index (χ4v) is 1.13. The summed E-state index contributed by atoms with van der Waals surface area (Å²) < 4.78 is 0. The van der Waals surface area contributed by atoms with Crippen molar-refractivity contribution in [3.05, 3.63) is 0 Å². The molecule has 1 unspecified atom stereocenters. The molecular weight excluding hydrogens is 138 g/mol. The summed E-state index contributed by atoms with van der Waals surface area (Å²) in [7, 11) is 0. The third-order valence-electron chi connectivity index (χ3n) is 2.28. The molecule has 0 spiro atoms. The van der Waals surface area contributed by atoms with Gasteiger partial charge >= 0.3 is 0 Å². The van der Waals surface area contributed by atoms with Crippen LogP contribution in [0.1, 0.15) is 46.0 Å². The molecule has 2 nitrogen and oxygen atoms in total. The molecule has 0 saturated heterocycles. The average Bonchev–Trinajstić information content (AvgIpc) is 2.05. The van der Waals surface area contributed by atoms with E-state index in [1.165, 1.54) is 12.8 Å². The Labute approximate surface area is 69.8 Å². The minimum Gasteiger partial charge on any atom is -0.389 e. The van der Waals surface area contributed by atoms with Gasteiger partial charge in [-0.2, -0.15) is 0 Å². The van der Waals surface area contributed by atoms with Gasteiger partial charge in [-0.1, -0.05) is 33.1 Å². The third-order valence-corrected chi connectivity index (χ3v) is 2.28. The van der Waals surface area contributed by atoms with Crippen LogP contribution < -0.4 is 5.73 Å². The van der Waals surface area contributed by atoms with Crippen molar-refractivity contribution in [2.24, 2.45) is 5.73 Å². The van der Waals surface area contributed by atoms with E-state index >= 15 is 0 Å². The highest BCUT2D eigenvalue weighted by Crippen LogP contribution is 2.17. The van der Waals surface area contributed by atoms with Crippen LogP contribution in [-0.2, 0) is 0 Å². The first-order chi connectivity index (χ1) is 5.18. The zero-order valence-corrected chi connectivity index (χ0v) is 7.77. The third kappa shape index (κ3) is 4.38. The molecule has 11 heavy (non-hydrogen) atoms. The van der Waals surface area contributed by atoms with Gasteiger partial charge in [0.15, 0.2) is 0 Å². The van der Waals surface area contributed by atoms with Crippen LogP contribution >= 0.6 is 0 Å². The van der Waals surface area contributed by atoms with Crippen molar-refractivity contribution in [2.45, 2.75) is 51.6 Å². The van der Waals surface area contributed by atoms with Gasteiger partial charge in [0.1, 0.15) is 0 Å². The zero-order chi connectivity index (χ0) is 8.74. The summed E-state index contributed by atoms with van der Waals surface area (Å²) >= 11 is 0. The lowest BCUT2D eigenvalue weighted by Crippen LogP contribution is -2.36. The molecule has 0 aromatic carbocycles. The maximum Gasteiger partial charge on any atom is 0.0766 e. The lowest BCUT2D eigenvalue weighted by molar-refractivity contribution is 0.0339. The summed E-state index contributed by atoms with van der Waals surface area (Å²) in [5.41, 5.74) is 4.86. The Kier molecular flexibility index (Phi) is 5.51. The smallest absolute Gasteiger partial charge is 0.0766 e. The van der Waals surface area contributed by atoms with E-state index in [4.69, 9.17) is 5.73 Å². The second-order valence-electron chi connectivity index (χ2n) is 3.24. The standard InChI is InChI=1S/C9H21NO/c1-3-5-6-7-9(11,4-2)8-10/h11H,3-8,10H2,1-2H3. The maximum atomic E-state index is 9.73. The number of rotatable bonds is 6. The van der Waals surface area contributed by atoms with Gasteiger partial charge in [0.05, 0.1) is 5.60 Å². The second kappa shape index (κ2) is 5.56. The molecule has 0 fully saturated rings. The number of nitrogens with two attached hydrogens (primary N) is 1. The topological polar surface area (TPSA) is 46.2 Å². The largest absolute Gasteiger partial charge is 0.389 e. The summed E-state index contributed by atoms with van der Waals surface area (Å²) in [6.45, 7) is 4.54. The zero-order valence-electron chi connectivity index (χ0n) is 7.77. The van der Waals surface area contributed by atoms with Gasteiger partial charge < -0.3 is 10.8 Å². The lowest BCUT2D eigenvalue weighted by Gasteiger charge is -2.24. The molecule has 0 heterocycles. The van der Waals surface area contributed by atoms with Crippen molar-refractivity contribution in [1.82, 2.24) is 0 Å². The quantitative estimate of drug-likeness (QED) is 0.579. The summed E-state index contributed by atoms with van der Waals surface area (Å²) in [5.74, 6) is 0. The molecule has 1 atom stereocenters. The highest BCUT2D eigenvalue weighted by atomic mass is 16.3. The van der Waals surface area contributed by atoms with Crippen molar-refractivity contribution < 1.29 is 5.11 Å². The van der Waals surface area contributed by atoms with Crippen LogP contribution in [0.3, 0.4) is 0 Å². The highest BCUT2D eigenvalue weighted by Gasteiger charge is 2.20. The predicted octanol–water partition coefficient (Wildman–Crippen LogP) is 1.67. The van der Waals surface area contributed by atoms with E-state index in [0.29, 0.717) is 6.54 Å². The molecular formula is C9H21NO. The van der Waals surface area contributed by atoms with Gasteiger partial charge in [-0.05, 0) is 12.8 Å². The van der Waals surface area contributed by atoms with Gasteiger partial charge in [0, 0.05) is 6.54 Å². The Morgan fingerprint density at radius 1 is 1.27 bits per heavy atom. The summed E-state index contributed by atoms with van der Waals surface area (Å²) in [6, 6.07) is 0. The number of hydrogen-bond donors (Lipinski definition) is 2. The van der Waals surface area contributed by atoms with E-state index in [0.717, 1.165) is 19.3 Å². The van der Waals surface area contributed by atoms with Gasteiger partial charge in [-0.3, -0.25) is 0 Å². The number of unbranched alkanes of at least 4 members (excludes halogenated alkanes) is 2. The average molecular weight is 159 g/mol. The van der Waals surface area contributed by atoms with E-state index in [1.54, 1.807) is 0 Å². The molecule has 0 bridgehead atoms. The van der Waals surface area contributed by atoms with Crippen LogP contribution in [0, 0.1) is 0 Å². The highest BCUT2D eigenvalue weighted by molar-refractivity contribution is 4.77. The minimum absolute atomic E-state index is 0.396. The van der Waals surface area contributed by atoms with Crippen molar-refractivity contribution >= 4 is 0 Å². The Hall–Kier alpha value is -0.0800. The molecule has 0 amide bonds. The molecule has 0 aliphatic heterocycles. The molecule has 0 aromatic rings. The predicted molar refractivity (Wildman–Crippen MR) is 48.4 cm³/mol. The second-order valence-corrected chi connectivity index (χ2v) is 3.24. The maximum absolute atomic E-state index is 9.73. The van der Waals surface area contributed by atoms with Gasteiger partial charge in [-0.15, -0.1) is 0 Å². The van der Waals surface area contributed by atoms with Crippen molar-refractivity contribution in [2.75, 3.05) is 6.54 Å². The molecule has 0 radical (unpaired) electrons. The molecule has 0 saturated carbocycles. The van der Waals surface area contributed by atoms with Crippen molar-refractivity contribution in [1.29, 1.82) is 0 Å². The molecule has 0 rings (SSSR count). The van der Waals surface area contributed by atoms with E-state index in [-0.39, 0.29) is 0 Å². The van der Waals surface area contributed by atoms with Gasteiger partial charge in [0.2, 0.25) is 0 Å². The fourth-order valence-electron chi connectivity index (χ4n) is 1.13. The Bertz CT molecular complexity index is 89.6. The van der Waals surface area contributed by atoms with E-state index in [2.05, 4.69) is 6.92 Å². The molecule has 0 aromatic heterocycles. The number of hydrogen-bond acceptors (Lipinski definition) is 2. The first kappa shape index (κ1) is 10.9. The van der Waals surface area contributed by atoms with Crippen LogP contribution in [0.5, 0.6) is 0 Å². The first-order valence-electron chi connectivity index (χ1n) is 4.61. The van der Waals surface area contributed by atoms with E-state index in [1.807, 2.05) is 6.92 Å². The van der Waals surface area contributed by atoms with Gasteiger partial charge in [-0.25, -0.2) is 0 Å². The van der Waals surface area contributed by atoms with Crippen LogP contribution in [-0.4, -0.2) is 17.3 Å². The Morgan fingerprint density at radius 3 is 2.27 bits per heavy atom. The monoisotopic (exact) mass is 159 g/mol. The summed E-state index contributed by atoms with van der Waals surface area (Å²) in [5, 5.41) is 9.73. The normalized spacial score (nSPS) is 16.4. The van der Waals surface area contributed by atoms with Gasteiger partial charge in [0.25, 0.3) is 0 Å². The fraction of sp³-hybridized carbons (Fsp3) is 1.00. The first-order valence-corrected chi connectivity index (χ1v) is 4.61. The molecule has 0 aliphatic carbocycles. The van der Waals surface area contributed by atoms with Crippen LogP contribution in [0.25, 0.3) is 0 Å². The SMILES string of the molecule is CCCCCC(O)(CC)CN. The van der Waals surface area contributed by atoms with E-state index in [9.17, 15) is 5.11 Å². The summed E-state index contributed by atoms with van der Waals surface area (Å²) in [4.78, 5) is 0. The molecule has 0 aliphatic rings. The molecule has 2 heteroatoms. The lowest BCUT2D eigenvalue weighted by atomic mass is 9.94. The summed E-state index contributed by atoms with van der Waals surface area (Å²) in [6.07, 6.45) is 5.12. The Balaban J connectivity index is 3.51. The minimum atomic E-state index is -0.588. The van der Waals surface area contributed by atoms with Crippen molar-refractivity contribution in [3.63, 3.8) is 0 Å². The Morgan fingerprint density at radius 2 is 1.91 bits per heavy atom.